The van der Waals surface area contributed by atoms with Crippen LogP contribution in [-0.4, -0.2) is 19.4 Å². The highest BCUT2D eigenvalue weighted by molar-refractivity contribution is 7.92. The van der Waals surface area contributed by atoms with Crippen LogP contribution in [0.25, 0.3) is 0 Å². The van der Waals surface area contributed by atoms with Crippen molar-refractivity contribution in [1.82, 2.24) is 4.98 Å². The maximum absolute atomic E-state index is 12.9. The number of hydrogen-bond donors (Lipinski definition) is 0. The van der Waals surface area contributed by atoms with Crippen LogP contribution in [0.15, 0.2) is 24.5 Å². The Morgan fingerprint density at radius 1 is 1.38 bits per heavy atom. The smallest absolute Gasteiger partial charge is 0.265 e. The standard InChI is InChI=1S/C6H6F2N2O2S/c7-5-13(11,12)10(8)6-1-3-9-4-2-6/h1-4H,5H2. The average Bonchev–Trinajstić information content (AvgIpc) is 2.18. The second kappa shape index (κ2) is 3.65. The summed E-state index contributed by atoms with van der Waals surface area (Å²) in [4.78, 5) is 3.55. The molecule has 0 saturated heterocycles. The molecule has 0 amide bonds. The lowest BCUT2D eigenvalue weighted by atomic mass is 10.4. The molecule has 72 valence electrons. The molecular weight excluding hydrogens is 202 g/mol. The van der Waals surface area contributed by atoms with Crippen LogP contribution in [0.1, 0.15) is 0 Å². The van der Waals surface area contributed by atoms with E-state index in [4.69, 9.17) is 0 Å². The van der Waals surface area contributed by atoms with Gasteiger partial charge in [-0.25, -0.2) is 12.8 Å². The summed E-state index contributed by atoms with van der Waals surface area (Å²) in [6.45, 7) is 0. The summed E-state index contributed by atoms with van der Waals surface area (Å²) in [6.07, 6.45) is 2.41. The van der Waals surface area contributed by atoms with Gasteiger partial charge in [-0.05, 0) is 12.1 Å². The van der Waals surface area contributed by atoms with Crippen LogP contribution in [0.5, 0.6) is 0 Å². The molecule has 0 unspecified atom stereocenters. The van der Waals surface area contributed by atoms with Crippen molar-refractivity contribution in [3.63, 3.8) is 0 Å². The van der Waals surface area contributed by atoms with E-state index >= 15 is 0 Å². The fourth-order valence-electron chi connectivity index (χ4n) is 0.665. The van der Waals surface area contributed by atoms with Gasteiger partial charge in [0.05, 0.1) is 5.69 Å². The van der Waals surface area contributed by atoms with E-state index in [2.05, 4.69) is 4.98 Å². The molecular formula is C6H6F2N2O2S. The molecule has 0 N–H and O–H groups in total. The zero-order chi connectivity index (χ0) is 9.90. The molecule has 1 aromatic rings. The zero-order valence-electron chi connectivity index (χ0n) is 6.39. The first-order valence-electron chi connectivity index (χ1n) is 3.22. The SMILES string of the molecule is O=S(=O)(CF)N(F)c1ccncc1. The third-order valence-corrected chi connectivity index (χ3v) is 2.22. The van der Waals surface area contributed by atoms with E-state index in [0.29, 0.717) is 0 Å². The number of hydrogen-bond acceptors (Lipinski definition) is 3. The van der Waals surface area contributed by atoms with Crippen molar-refractivity contribution in [2.45, 2.75) is 0 Å². The Hall–Kier alpha value is -1.24. The molecule has 0 aliphatic rings. The Morgan fingerprint density at radius 3 is 2.38 bits per heavy atom. The van der Waals surface area contributed by atoms with E-state index in [9.17, 15) is 17.3 Å². The number of halogens is 2. The summed E-state index contributed by atoms with van der Waals surface area (Å²) in [5.74, 6) is 0. The predicted octanol–water partition coefficient (Wildman–Crippen LogP) is 1.03. The lowest BCUT2D eigenvalue weighted by Gasteiger charge is -2.10. The van der Waals surface area contributed by atoms with Gasteiger partial charge in [0, 0.05) is 12.4 Å². The van der Waals surface area contributed by atoms with Gasteiger partial charge in [0.15, 0.2) is 0 Å². The molecule has 0 saturated carbocycles. The lowest BCUT2D eigenvalue weighted by molar-refractivity contribution is 0.472. The van der Waals surface area contributed by atoms with Gasteiger partial charge in [0.2, 0.25) is 6.01 Å². The Kier molecular flexibility index (Phi) is 2.76. The molecule has 13 heavy (non-hydrogen) atoms. The minimum Gasteiger partial charge on any atom is -0.265 e. The third-order valence-electron chi connectivity index (χ3n) is 1.25. The van der Waals surface area contributed by atoms with Crippen LogP contribution in [0, 0.1) is 0 Å². The van der Waals surface area contributed by atoms with Crippen LogP contribution in [-0.2, 0) is 10.0 Å². The Labute approximate surface area is 73.8 Å². The molecule has 1 rings (SSSR count). The third kappa shape index (κ3) is 2.11. The summed E-state index contributed by atoms with van der Waals surface area (Å²) in [5, 5.41) is 0. The molecule has 0 aliphatic heterocycles. The first-order chi connectivity index (χ1) is 6.08. The number of anilines is 1. The predicted molar refractivity (Wildman–Crippen MR) is 42.7 cm³/mol. The highest BCUT2D eigenvalue weighted by atomic mass is 32.2. The second-order valence-corrected chi connectivity index (χ2v) is 3.84. The van der Waals surface area contributed by atoms with Gasteiger partial charge in [0.1, 0.15) is 0 Å². The number of rotatable bonds is 3. The molecule has 0 radical (unpaired) electrons. The summed E-state index contributed by atoms with van der Waals surface area (Å²) >= 11 is 0. The van der Waals surface area contributed by atoms with Crippen LogP contribution in [0.4, 0.5) is 14.6 Å². The van der Waals surface area contributed by atoms with Crippen LogP contribution < -0.4 is 4.53 Å². The van der Waals surface area contributed by atoms with Gasteiger partial charge in [-0.2, -0.15) is 0 Å². The van der Waals surface area contributed by atoms with E-state index in [1.54, 1.807) is 0 Å². The Morgan fingerprint density at radius 2 is 1.92 bits per heavy atom. The van der Waals surface area contributed by atoms with Crippen molar-refractivity contribution in [2.24, 2.45) is 0 Å². The number of nitrogens with zero attached hydrogens (tertiary/aromatic N) is 2. The fourth-order valence-corrected chi connectivity index (χ4v) is 1.19. The molecule has 0 aromatic carbocycles. The van der Waals surface area contributed by atoms with E-state index in [0.717, 1.165) is 12.1 Å². The topological polar surface area (TPSA) is 50.3 Å². The van der Waals surface area contributed by atoms with Crippen molar-refractivity contribution >= 4 is 15.7 Å². The number of pyridine rings is 1. The first-order valence-corrected chi connectivity index (χ1v) is 4.83. The van der Waals surface area contributed by atoms with E-state index in [1.807, 2.05) is 0 Å². The fraction of sp³-hybridized carbons (Fsp3) is 0.167. The molecule has 4 nitrogen and oxygen atoms in total. The molecule has 0 fully saturated rings. The van der Waals surface area contributed by atoms with Gasteiger partial charge in [0.25, 0.3) is 10.0 Å². The second-order valence-electron chi connectivity index (χ2n) is 2.14. The maximum atomic E-state index is 12.9. The Balaban J connectivity index is 2.99. The van der Waals surface area contributed by atoms with Gasteiger partial charge in [-0.3, -0.25) is 4.98 Å². The number of sulfonamides is 1. The van der Waals surface area contributed by atoms with Crippen LogP contribution in [0.2, 0.25) is 0 Å². The maximum Gasteiger partial charge on any atom is 0.290 e. The number of alkyl halides is 1. The van der Waals surface area contributed by atoms with Crippen molar-refractivity contribution in [3.05, 3.63) is 24.5 Å². The number of aromatic nitrogens is 1. The molecule has 0 spiro atoms. The lowest BCUT2D eigenvalue weighted by Crippen LogP contribution is -2.23. The minimum absolute atomic E-state index is 0.271. The summed E-state index contributed by atoms with van der Waals surface area (Å²) in [6, 6.07) is 0.465. The van der Waals surface area contributed by atoms with Gasteiger partial charge < -0.3 is 0 Å². The van der Waals surface area contributed by atoms with E-state index < -0.39 is 20.6 Å². The normalized spacial score (nSPS) is 11.2. The summed E-state index contributed by atoms with van der Waals surface area (Å²) in [7, 11) is -4.48. The van der Waals surface area contributed by atoms with Crippen molar-refractivity contribution in [2.75, 3.05) is 10.5 Å². The molecule has 0 bridgehead atoms. The van der Waals surface area contributed by atoms with Gasteiger partial charge in [-0.1, -0.05) is 9.01 Å². The molecule has 1 aromatic heterocycles. The quantitative estimate of drug-likeness (QED) is 0.697. The van der Waals surface area contributed by atoms with Gasteiger partial charge in [-0.15, -0.1) is 0 Å². The van der Waals surface area contributed by atoms with Crippen LogP contribution in [0.3, 0.4) is 0 Å². The monoisotopic (exact) mass is 208 g/mol. The van der Waals surface area contributed by atoms with Crippen molar-refractivity contribution < 1.29 is 17.3 Å². The highest BCUT2D eigenvalue weighted by Crippen LogP contribution is 2.17. The zero-order valence-corrected chi connectivity index (χ0v) is 7.21. The molecule has 7 heteroatoms. The first kappa shape index (κ1) is 9.85. The van der Waals surface area contributed by atoms with Crippen LogP contribution >= 0.6 is 0 Å². The van der Waals surface area contributed by atoms with Crippen molar-refractivity contribution in [1.29, 1.82) is 0 Å². The molecule has 0 atom stereocenters. The summed E-state index contributed by atoms with van der Waals surface area (Å²) in [5.41, 5.74) is -0.271. The molecule has 0 aliphatic carbocycles. The largest absolute Gasteiger partial charge is 0.290 e. The van der Waals surface area contributed by atoms with E-state index in [-0.39, 0.29) is 5.69 Å². The van der Waals surface area contributed by atoms with Gasteiger partial charge >= 0.3 is 0 Å². The minimum atomic E-state index is -4.48. The van der Waals surface area contributed by atoms with Crippen molar-refractivity contribution in [3.8, 4) is 0 Å². The van der Waals surface area contributed by atoms with E-state index in [1.165, 1.54) is 12.4 Å². The Bertz CT molecular complexity index is 367. The average molecular weight is 208 g/mol. The molecule has 1 heterocycles. The summed E-state index contributed by atoms with van der Waals surface area (Å²) < 4.78 is 45.4. The highest BCUT2D eigenvalue weighted by Gasteiger charge is 2.21.